The average Bonchev–Trinajstić information content (AvgIpc) is 3.09. The van der Waals surface area contributed by atoms with Crippen LogP contribution in [0.25, 0.3) is 54.6 Å². The van der Waals surface area contributed by atoms with Crippen LogP contribution < -0.4 is 0 Å². The summed E-state index contributed by atoms with van der Waals surface area (Å²) in [5, 5.41) is 7.38. The molecule has 0 saturated carbocycles. The lowest BCUT2D eigenvalue weighted by molar-refractivity contribution is 1.36. The number of benzene rings is 4. The van der Waals surface area contributed by atoms with E-state index in [4.69, 9.17) is 4.98 Å². The summed E-state index contributed by atoms with van der Waals surface area (Å²) in [6.45, 7) is 0. The Morgan fingerprint density at radius 1 is 0.593 bits per heavy atom. The van der Waals surface area contributed by atoms with Crippen LogP contribution in [-0.2, 0) is 0 Å². The first-order valence-corrected chi connectivity index (χ1v) is 9.15. The Bertz CT molecular complexity index is 1470. The fourth-order valence-corrected chi connectivity index (χ4v) is 4.06. The summed E-state index contributed by atoms with van der Waals surface area (Å²) in [4.78, 5) is 8.38. The molecule has 0 fully saturated rings. The summed E-state index contributed by atoms with van der Waals surface area (Å²) < 4.78 is 0. The second-order valence-corrected chi connectivity index (χ2v) is 7.01. The molecule has 0 unspecified atom stereocenters. The molecule has 0 bridgehead atoms. The van der Waals surface area contributed by atoms with Gasteiger partial charge in [-0.3, -0.25) is 4.98 Å². The zero-order chi connectivity index (χ0) is 17.8. The molecule has 0 saturated heterocycles. The van der Waals surface area contributed by atoms with Gasteiger partial charge in [0.1, 0.15) is 0 Å². The van der Waals surface area contributed by atoms with Gasteiger partial charge in [-0.05, 0) is 34.4 Å². The van der Waals surface area contributed by atoms with E-state index < -0.39 is 0 Å². The average molecular weight is 344 g/mol. The van der Waals surface area contributed by atoms with Gasteiger partial charge in [0.15, 0.2) is 0 Å². The normalized spacial score (nSPS) is 11.7. The minimum absolute atomic E-state index is 0.996. The van der Waals surface area contributed by atoms with Gasteiger partial charge in [0.05, 0.1) is 11.2 Å². The van der Waals surface area contributed by atoms with Crippen LogP contribution in [0.3, 0.4) is 0 Å². The second-order valence-electron chi connectivity index (χ2n) is 7.01. The number of H-pyrrole nitrogens is 1. The van der Waals surface area contributed by atoms with E-state index in [0.29, 0.717) is 0 Å². The molecule has 2 nitrogen and oxygen atoms in total. The lowest BCUT2D eigenvalue weighted by Gasteiger charge is -2.05. The molecule has 0 aliphatic rings. The van der Waals surface area contributed by atoms with E-state index in [2.05, 4.69) is 83.8 Å². The molecule has 4 aromatic carbocycles. The molecular formula is C25H16N2. The van der Waals surface area contributed by atoms with Crippen LogP contribution in [0, 0.1) is 0 Å². The van der Waals surface area contributed by atoms with Crippen molar-refractivity contribution in [3.8, 4) is 11.3 Å². The van der Waals surface area contributed by atoms with Crippen LogP contribution in [0.5, 0.6) is 0 Å². The van der Waals surface area contributed by atoms with Crippen molar-refractivity contribution in [1.29, 1.82) is 0 Å². The third kappa shape index (κ3) is 2.17. The third-order valence-electron chi connectivity index (χ3n) is 5.41. The Kier molecular flexibility index (Phi) is 2.91. The molecule has 0 spiro atoms. The highest BCUT2D eigenvalue weighted by molar-refractivity contribution is 6.15. The maximum absolute atomic E-state index is 4.73. The van der Waals surface area contributed by atoms with E-state index >= 15 is 0 Å². The van der Waals surface area contributed by atoms with Crippen molar-refractivity contribution in [2.75, 3.05) is 0 Å². The lowest BCUT2D eigenvalue weighted by Crippen LogP contribution is -1.85. The molecule has 1 N–H and O–H groups in total. The zero-order valence-electron chi connectivity index (χ0n) is 14.6. The standard InChI is InChI=1S/C25H16N2/c1-2-7-17-14-24-22(12-16(17)6-1)20-10-5-11-21(25(20)27-24)23-13-18-8-3-4-9-19(18)15-26-23/h1-15,27H. The number of fused-ring (bicyclic) bond motifs is 5. The van der Waals surface area contributed by atoms with Crippen LogP contribution in [0.15, 0.2) is 91.1 Å². The van der Waals surface area contributed by atoms with Gasteiger partial charge in [0, 0.05) is 33.4 Å². The number of aromatic nitrogens is 2. The lowest BCUT2D eigenvalue weighted by atomic mass is 10.0. The van der Waals surface area contributed by atoms with E-state index in [0.717, 1.165) is 27.7 Å². The summed E-state index contributed by atoms with van der Waals surface area (Å²) in [5.74, 6) is 0. The second kappa shape index (κ2) is 5.42. The Balaban J connectivity index is 1.67. The van der Waals surface area contributed by atoms with E-state index in [1.807, 2.05) is 12.3 Å². The van der Waals surface area contributed by atoms with E-state index in [1.165, 1.54) is 26.9 Å². The van der Waals surface area contributed by atoms with Crippen molar-refractivity contribution in [3.63, 3.8) is 0 Å². The molecule has 6 rings (SSSR count). The van der Waals surface area contributed by atoms with Gasteiger partial charge in [0.25, 0.3) is 0 Å². The van der Waals surface area contributed by atoms with Crippen LogP contribution in [0.4, 0.5) is 0 Å². The Hall–Kier alpha value is -3.65. The molecule has 2 aromatic heterocycles. The number of hydrogen-bond donors (Lipinski definition) is 1. The highest BCUT2D eigenvalue weighted by atomic mass is 14.7. The molecule has 27 heavy (non-hydrogen) atoms. The van der Waals surface area contributed by atoms with Gasteiger partial charge >= 0.3 is 0 Å². The molecule has 6 aromatic rings. The van der Waals surface area contributed by atoms with Crippen LogP contribution >= 0.6 is 0 Å². The van der Waals surface area contributed by atoms with Gasteiger partial charge in [-0.25, -0.2) is 0 Å². The Morgan fingerprint density at radius 2 is 1.30 bits per heavy atom. The third-order valence-corrected chi connectivity index (χ3v) is 5.41. The summed E-state index contributed by atoms with van der Waals surface area (Å²) in [7, 11) is 0. The number of nitrogens with one attached hydrogen (secondary N) is 1. The van der Waals surface area contributed by atoms with Gasteiger partial charge in [0.2, 0.25) is 0 Å². The maximum Gasteiger partial charge on any atom is 0.0729 e. The number of pyridine rings is 1. The summed E-state index contributed by atoms with van der Waals surface area (Å²) in [5.41, 5.74) is 4.44. The van der Waals surface area contributed by atoms with Crippen LogP contribution in [0.2, 0.25) is 0 Å². The number of nitrogens with zero attached hydrogens (tertiary/aromatic N) is 1. The molecule has 0 aliphatic carbocycles. The van der Waals surface area contributed by atoms with Crippen molar-refractivity contribution in [3.05, 3.63) is 91.1 Å². The number of hydrogen-bond acceptors (Lipinski definition) is 1. The van der Waals surface area contributed by atoms with Gasteiger partial charge in [-0.2, -0.15) is 0 Å². The minimum Gasteiger partial charge on any atom is -0.354 e. The Morgan fingerprint density at radius 3 is 2.11 bits per heavy atom. The largest absolute Gasteiger partial charge is 0.354 e. The molecular weight excluding hydrogens is 328 g/mol. The summed E-state index contributed by atoms with van der Waals surface area (Å²) in [6.07, 6.45) is 1.96. The first kappa shape index (κ1) is 14.5. The molecule has 126 valence electrons. The zero-order valence-corrected chi connectivity index (χ0v) is 14.6. The highest BCUT2D eigenvalue weighted by Crippen LogP contribution is 2.35. The van der Waals surface area contributed by atoms with Crippen molar-refractivity contribution < 1.29 is 0 Å². The topological polar surface area (TPSA) is 28.7 Å². The number of para-hydroxylation sites is 1. The molecule has 2 heteroatoms. The van der Waals surface area contributed by atoms with Gasteiger partial charge < -0.3 is 4.98 Å². The predicted octanol–water partition coefficient (Wildman–Crippen LogP) is 6.69. The molecule has 0 radical (unpaired) electrons. The number of aromatic amines is 1. The quantitative estimate of drug-likeness (QED) is 0.354. The highest BCUT2D eigenvalue weighted by Gasteiger charge is 2.11. The fraction of sp³-hybridized carbons (Fsp3) is 0. The SMILES string of the molecule is c1ccc2cc(-c3cccc4c3[nH]c3cc5ccccc5cc34)ncc2c1. The number of rotatable bonds is 1. The first-order chi connectivity index (χ1) is 13.4. The molecule has 0 aliphatic heterocycles. The maximum atomic E-state index is 4.73. The van der Waals surface area contributed by atoms with Crippen LogP contribution in [-0.4, -0.2) is 9.97 Å². The molecule has 0 atom stereocenters. The molecule has 0 amide bonds. The minimum atomic E-state index is 0.996. The van der Waals surface area contributed by atoms with Gasteiger partial charge in [-0.1, -0.05) is 66.7 Å². The van der Waals surface area contributed by atoms with Crippen molar-refractivity contribution >= 4 is 43.4 Å². The van der Waals surface area contributed by atoms with E-state index in [9.17, 15) is 0 Å². The van der Waals surface area contributed by atoms with Crippen LogP contribution in [0.1, 0.15) is 0 Å². The molecule has 2 heterocycles. The smallest absolute Gasteiger partial charge is 0.0729 e. The first-order valence-electron chi connectivity index (χ1n) is 9.15. The van der Waals surface area contributed by atoms with Gasteiger partial charge in [-0.15, -0.1) is 0 Å². The predicted molar refractivity (Wildman–Crippen MR) is 114 cm³/mol. The van der Waals surface area contributed by atoms with Crippen molar-refractivity contribution in [2.24, 2.45) is 0 Å². The Labute approximate surface area is 156 Å². The van der Waals surface area contributed by atoms with E-state index in [1.54, 1.807) is 0 Å². The monoisotopic (exact) mass is 344 g/mol. The van der Waals surface area contributed by atoms with Crippen molar-refractivity contribution in [2.45, 2.75) is 0 Å². The fourth-order valence-electron chi connectivity index (χ4n) is 4.06. The van der Waals surface area contributed by atoms with E-state index in [-0.39, 0.29) is 0 Å². The summed E-state index contributed by atoms with van der Waals surface area (Å²) in [6, 6.07) is 30.0. The van der Waals surface area contributed by atoms with Crippen molar-refractivity contribution in [1.82, 2.24) is 9.97 Å². The summed E-state index contributed by atoms with van der Waals surface area (Å²) >= 11 is 0.